The van der Waals surface area contributed by atoms with Crippen molar-refractivity contribution >= 4 is 39.3 Å². The molecule has 1 aliphatic carbocycles. The Morgan fingerprint density at radius 3 is 2.54 bits per heavy atom. The third-order valence-electron chi connectivity index (χ3n) is 4.53. The monoisotopic (exact) mass is 421 g/mol. The Bertz CT molecular complexity index is 718. The molecule has 0 aliphatic heterocycles. The molecule has 1 aromatic rings. The lowest BCUT2D eigenvalue weighted by atomic mass is 10.00. The Hall–Kier alpha value is -0.940. The van der Waals surface area contributed by atoms with Crippen molar-refractivity contribution in [1.82, 2.24) is 19.8 Å². The van der Waals surface area contributed by atoms with Crippen LogP contribution in [0.2, 0.25) is 0 Å². The SMILES string of the molecule is CCN(CC)C(=O)CSc1nnc(S[C@H]2CCC[C@@H](S(C)(=O)=O)C2)n1N. The number of carbonyl (C=O) groups excluding carboxylic acids is 1. The van der Waals surface area contributed by atoms with Gasteiger partial charge in [-0.1, -0.05) is 29.9 Å². The molecule has 0 radical (unpaired) electrons. The highest BCUT2D eigenvalue weighted by molar-refractivity contribution is 8.00. The third kappa shape index (κ3) is 5.53. The summed E-state index contributed by atoms with van der Waals surface area (Å²) in [6.07, 6.45) is 4.46. The van der Waals surface area contributed by atoms with Gasteiger partial charge in [0.05, 0.1) is 11.0 Å². The van der Waals surface area contributed by atoms with E-state index in [2.05, 4.69) is 10.2 Å². The molecule has 0 aromatic carbocycles. The molecule has 1 heterocycles. The van der Waals surface area contributed by atoms with E-state index >= 15 is 0 Å². The maximum atomic E-state index is 12.1. The summed E-state index contributed by atoms with van der Waals surface area (Å²) in [5, 5.41) is 9.10. The highest BCUT2D eigenvalue weighted by Crippen LogP contribution is 2.35. The van der Waals surface area contributed by atoms with E-state index in [0.29, 0.717) is 29.8 Å². The zero-order valence-electron chi connectivity index (χ0n) is 15.4. The summed E-state index contributed by atoms with van der Waals surface area (Å²) in [7, 11) is -3.02. The first kappa shape index (κ1) is 21.4. The number of amides is 1. The minimum Gasteiger partial charge on any atom is -0.343 e. The number of thioether (sulfide) groups is 2. The van der Waals surface area contributed by atoms with Crippen molar-refractivity contribution in [2.45, 2.75) is 60.3 Å². The third-order valence-corrected chi connectivity index (χ3v) is 8.35. The van der Waals surface area contributed by atoms with Gasteiger partial charge in [0.25, 0.3) is 0 Å². The van der Waals surface area contributed by atoms with E-state index in [1.807, 2.05) is 13.8 Å². The molecule has 148 valence electrons. The van der Waals surface area contributed by atoms with Crippen molar-refractivity contribution in [3.8, 4) is 0 Å². The minimum atomic E-state index is -3.02. The normalized spacial score (nSPS) is 20.9. The van der Waals surface area contributed by atoms with Gasteiger partial charge in [0, 0.05) is 24.6 Å². The molecule has 2 rings (SSSR count). The summed E-state index contributed by atoms with van der Waals surface area (Å²) < 4.78 is 25.0. The Morgan fingerprint density at radius 2 is 1.92 bits per heavy atom. The average Bonchev–Trinajstić information content (AvgIpc) is 2.94. The fourth-order valence-corrected chi connectivity index (χ4v) is 6.30. The van der Waals surface area contributed by atoms with E-state index < -0.39 is 9.84 Å². The van der Waals surface area contributed by atoms with Crippen LogP contribution in [0.3, 0.4) is 0 Å². The van der Waals surface area contributed by atoms with Gasteiger partial charge in [-0.05, 0) is 33.1 Å². The van der Waals surface area contributed by atoms with Crippen LogP contribution >= 0.6 is 23.5 Å². The molecule has 1 amide bonds. The molecule has 1 aliphatic rings. The van der Waals surface area contributed by atoms with Gasteiger partial charge in [-0.15, -0.1) is 10.2 Å². The number of aromatic nitrogens is 3. The van der Waals surface area contributed by atoms with Gasteiger partial charge < -0.3 is 10.7 Å². The Labute approximate surface area is 163 Å². The lowest BCUT2D eigenvalue weighted by Gasteiger charge is -2.26. The molecule has 11 heteroatoms. The van der Waals surface area contributed by atoms with Crippen molar-refractivity contribution in [3.63, 3.8) is 0 Å². The van der Waals surface area contributed by atoms with Gasteiger partial charge in [0.15, 0.2) is 0 Å². The molecule has 1 fully saturated rings. The van der Waals surface area contributed by atoms with Crippen molar-refractivity contribution in [2.75, 3.05) is 30.9 Å². The predicted molar refractivity (Wildman–Crippen MR) is 106 cm³/mol. The van der Waals surface area contributed by atoms with E-state index in [9.17, 15) is 13.2 Å². The lowest BCUT2D eigenvalue weighted by Crippen LogP contribution is -2.32. The van der Waals surface area contributed by atoms with Crippen LogP contribution in [-0.2, 0) is 14.6 Å². The molecule has 1 saturated carbocycles. The van der Waals surface area contributed by atoms with Gasteiger partial charge in [0.1, 0.15) is 9.84 Å². The van der Waals surface area contributed by atoms with Crippen LogP contribution in [0.4, 0.5) is 0 Å². The van der Waals surface area contributed by atoms with Crippen LogP contribution in [0.1, 0.15) is 39.5 Å². The lowest BCUT2D eigenvalue weighted by molar-refractivity contribution is -0.127. The number of rotatable bonds is 8. The molecule has 26 heavy (non-hydrogen) atoms. The molecule has 0 unspecified atom stereocenters. The number of hydrogen-bond donors (Lipinski definition) is 1. The van der Waals surface area contributed by atoms with E-state index in [1.54, 1.807) is 4.90 Å². The van der Waals surface area contributed by atoms with Crippen LogP contribution in [0.25, 0.3) is 0 Å². The van der Waals surface area contributed by atoms with Gasteiger partial charge in [-0.2, -0.15) is 0 Å². The van der Waals surface area contributed by atoms with Crippen LogP contribution in [0.15, 0.2) is 10.3 Å². The van der Waals surface area contributed by atoms with Crippen molar-refractivity contribution in [1.29, 1.82) is 0 Å². The van der Waals surface area contributed by atoms with Gasteiger partial charge in [-0.3, -0.25) is 4.79 Å². The van der Waals surface area contributed by atoms with E-state index in [0.717, 1.165) is 19.3 Å². The van der Waals surface area contributed by atoms with E-state index in [1.165, 1.54) is 34.5 Å². The zero-order valence-corrected chi connectivity index (χ0v) is 17.9. The number of carbonyl (C=O) groups is 1. The Balaban J connectivity index is 1.95. The van der Waals surface area contributed by atoms with Gasteiger partial charge in [-0.25, -0.2) is 13.1 Å². The van der Waals surface area contributed by atoms with Crippen LogP contribution in [-0.4, -0.2) is 69.7 Å². The zero-order chi connectivity index (χ0) is 19.3. The summed E-state index contributed by atoms with van der Waals surface area (Å²) in [6.45, 7) is 5.24. The number of hydrogen-bond acceptors (Lipinski definition) is 8. The highest BCUT2D eigenvalue weighted by Gasteiger charge is 2.30. The molecule has 2 atom stereocenters. The topological polar surface area (TPSA) is 111 Å². The second-order valence-corrected chi connectivity index (χ2v) is 10.9. The number of nitrogens with zero attached hydrogens (tertiary/aromatic N) is 4. The quantitative estimate of drug-likeness (QED) is 0.495. The van der Waals surface area contributed by atoms with E-state index in [4.69, 9.17) is 5.84 Å². The van der Waals surface area contributed by atoms with Crippen molar-refractivity contribution in [3.05, 3.63) is 0 Å². The first-order chi connectivity index (χ1) is 12.3. The van der Waals surface area contributed by atoms with Crippen molar-refractivity contribution < 1.29 is 13.2 Å². The molecular weight excluding hydrogens is 394 g/mol. The summed E-state index contributed by atoms with van der Waals surface area (Å²) in [5.74, 6) is 6.38. The molecule has 0 spiro atoms. The highest BCUT2D eigenvalue weighted by atomic mass is 32.2. The van der Waals surface area contributed by atoms with Crippen LogP contribution < -0.4 is 5.84 Å². The molecule has 0 saturated heterocycles. The maximum absolute atomic E-state index is 12.1. The summed E-state index contributed by atoms with van der Waals surface area (Å²) in [4.78, 5) is 13.8. The summed E-state index contributed by atoms with van der Waals surface area (Å²) in [6, 6.07) is 0. The largest absolute Gasteiger partial charge is 0.343 e. The van der Waals surface area contributed by atoms with Gasteiger partial charge >= 0.3 is 0 Å². The number of nitrogens with two attached hydrogens (primary N) is 1. The smallest absolute Gasteiger partial charge is 0.233 e. The first-order valence-corrected chi connectivity index (χ1v) is 12.5. The molecular formula is C15H27N5O3S3. The average molecular weight is 422 g/mol. The fraction of sp³-hybridized carbons (Fsp3) is 0.800. The van der Waals surface area contributed by atoms with Crippen LogP contribution in [0, 0.1) is 0 Å². The second-order valence-electron chi connectivity index (χ2n) is 6.35. The molecule has 0 bridgehead atoms. The Morgan fingerprint density at radius 1 is 1.27 bits per heavy atom. The molecule has 1 aromatic heterocycles. The first-order valence-electron chi connectivity index (χ1n) is 8.72. The number of sulfone groups is 1. The standard InChI is InChI=1S/C15H27N5O3S3/c1-4-19(5-2)13(21)10-24-14-17-18-15(20(14)16)25-11-7-6-8-12(9-11)26(3,22)23/h11-12H,4-10,16H2,1-3H3/t11-,12+/m0/s1. The summed E-state index contributed by atoms with van der Waals surface area (Å²) >= 11 is 2.74. The Kier molecular flexibility index (Phi) is 7.65. The summed E-state index contributed by atoms with van der Waals surface area (Å²) in [5.41, 5.74) is 0. The number of nitrogen functional groups attached to an aromatic ring is 1. The van der Waals surface area contributed by atoms with E-state index in [-0.39, 0.29) is 22.2 Å². The molecule has 8 nitrogen and oxygen atoms in total. The fourth-order valence-electron chi connectivity index (χ4n) is 2.98. The van der Waals surface area contributed by atoms with Crippen LogP contribution in [0.5, 0.6) is 0 Å². The minimum absolute atomic E-state index is 0.0421. The molecule has 2 N–H and O–H groups in total. The predicted octanol–water partition coefficient (Wildman–Crippen LogP) is 1.40. The van der Waals surface area contributed by atoms with Gasteiger partial charge in [0.2, 0.25) is 16.2 Å². The second kappa shape index (κ2) is 9.32. The maximum Gasteiger partial charge on any atom is 0.233 e. The van der Waals surface area contributed by atoms with Crippen molar-refractivity contribution in [2.24, 2.45) is 0 Å².